The Bertz CT molecular complexity index is 1490. The maximum Gasteiger partial charge on any atom is 0.254 e. The van der Waals surface area contributed by atoms with E-state index in [1.54, 1.807) is 12.4 Å². The molecule has 2 aromatic carbocycles. The van der Waals surface area contributed by atoms with Crippen LogP contribution in [0.25, 0.3) is 0 Å². The molecule has 3 aliphatic heterocycles. The third-order valence-electron chi connectivity index (χ3n) is 8.03. The molecule has 9 nitrogen and oxygen atoms in total. The minimum absolute atomic E-state index is 0.0131. The van der Waals surface area contributed by atoms with Gasteiger partial charge in [0.15, 0.2) is 0 Å². The van der Waals surface area contributed by atoms with Crippen molar-refractivity contribution < 1.29 is 18.3 Å². The largest absolute Gasteiger partial charge is 0.379 e. The third-order valence-corrected chi connectivity index (χ3v) is 8.03. The van der Waals surface area contributed by atoms with Crippen molar-refractivity contribution in [3.8, 4) is 0 Å². The Morgan fingerprint density at radius 3 is 2.52 bits per heavy atom. The van der Waals surface area contributed by atoms with Crippen LogP contribution in [0.15, 0.2) is 41.5 Å². The summed E-state index contributed by atoms with van der Waals surface area (Å²) in [5.74, 6) is -1.40. The van der Waals surface area contributed by atoms with Crippen molar-refractivity contribution in [1.29, 1.82) is 0 Å². The Balaban J connectivity index is 1.21. The zero-order chi connectivity index (χ0) is 29.4. The predicted molar refractivity (Wildman–Crippen MR) is 157 cm³/mol. The van der Waals surface area contributed by atoms with E-state index in [1.165, 1.54) is 12.1 Å². The van der Waals surface area contributed by atoms with Gasteiger partial charge in [-0.15, -0.1) is 0 Å². The highest BCUT2D eigenvalue weighted by atomic mass is 19.1. The summed E-state index contributed by atoms with van der Waals surface area (Å²) in [6.45, 7) is 9.95. The molecule has 3 aromatic rings. The normalized spacial score (nSPS) is 22.3. The molecule has 0 spiro atoms. The minimum atomic E-state index is -0.587. The van der Waals surface area contributed by atoms with Gasteiger partial charge in [-0.25, -0.2) is 18.7 Å². The number of aryl methyl sites for hydroxylation is 1. The molecule has 2 fully saturated rings. The maximum absolute atomic E-state index is 15.2. The van der Waals surface area contributed by atoms with Crippen LogP contribution in [0, 0.1) is 18.6 Å². The Morgan fingerprint density at radius 2 is 1.81 bits per heavy atom. The number of hydrogen-bond donors (Lipinski definition) is 2. The van der Waals surface area contributed by atoms with Crippen LogP contribution in [0.5, 0.6) is 0 Å². The summed E-state index contributed by atoms with van der Waals surface area (Å²) in [5, 5.41) is 6.66. The van der Waals surface area contributed by atoms with Crippen LogP contribution >= 0.6 is 0 Å². The second-order valence-corrected chi connectivity index (χ2v) is 11.4. The molecule has 11 heteroatoms. The maximum atomic E-state index is 15.2. The number of morpholine rings is 1. The molecule has 3 atom stereocenters. The zero-order valence-electron chi connectivity index (χ0n) is 24.0. The first-order valence-electron chi connectivity index (χ1n) is 14.4. The van der Waals surface area contributed by atoms with E-state index in [0.717, 1.165) is 5.56 Å². The lowest BCUT2D eigenvalue weighted by molar-refractivity contribution is 0.0332. The van der Waals surface area contributed by atoms with Crippen LogP contribution < -0.4 is 10.6 Å². The van der Waals surface area contributed by atoms with Crippen molar-refractivity contribution in [3.63, 3.8) is 0 Å². The highest BCUT2D eigenvalue weighted by Crippen LogP contribution is 2.36. The summed E-state index contributed by atoms with van der Waals surface area (Å²) in [6, 6.07) is 8.77. The molecule has 0 radical (unpaired) electrons. The van der Waals surface area contributed by atoms with Gasteiger partial charge in [0.05, 0.1) is 31.0 Å². The Labute approximate surface area is 244 Å². The first-order valence-corrected chi connectivity index (χ1v) is 14.4. The molecule has 2 saturated heterocycles. The van der Waals surface area contributed by atoms with Gasteiger partial charge in [-0.1, -0.05) is 6.07 Å². The standard InChI is InChI=1S/C31H35F2N7O2/c1-18-4-5-22(12-23(18)30(41)40-15-19(2)36-20(3)16-40)37-31-35-14-28-29(38-31)24(13-34-28)21-10-26(32)25(27(33)11-21)17-39-6-8-42-9-7-39/h4-5,10-14,19-20,24,36H,6-9,15-17H2,1-3H3,(H,35,37,38)/t19-,20+,24?. The van der Waals surface area contributed by atoms with Gasteiger partial charge in [-0.3, -0.25) is 14.7 Å². The van der Waals surface area contributed by atoms with E-state index < -0.39 is 17.6 Å². The quantitative estimate of drug-likeness (QED) is 0.453. The average Bonchev–Trinajstić information content (AvgIpc) is 3.39. The van der Waals surface area contributed by atoms with Gasteiger partial charge in [-0.2, -0.15) is 0 Å². The lowest BCUT2D eigenvalue weighted by Crippen LogP contribution is -2.55. The molecule has 0 bridgehead atoms. The molecule has 6 rings (SSSR count). The molecule has 1 amide bonds. The van der Waals surface area contributed by atoms with Crippen LogP contribution in [0.1, 0.15) is 52.5 Å². The number of anilines is 2. The summed E-state index contributed by atoms with van der Waals surface area (Å²) in [4.78, 5) is 30.7. The minimum Gasteiger partial charge on any atom is -0.379 e. The molecule has 42 heavy (non-hydrogen) atoms. The molecular formula is C31H35F2N7O2. The number of rotatable bonds is 6. The molecule has 3 aliphatic rings. The summed E-state index contributed by atoms with van der Waals surface area (Å²) in [5.41, 5.74) is 3.76. The summed E-state index contributed by atoms with van der Waals surface area (Å²) >= 11 is 0. The summed E-state index contributed by atoms with van der Waals surface area (Å²) < 4.78 is 35.6. The number of aliphatic imine (C=N–C) groups is 1. The predicted octanol–water partition coefficient (Wildman–Crippen LogP) is 4.31. The van der Waals surface area contributed by atoms with Crippen LogP contribution in [0.2, 0.25) is 0 Å². The number of nitrogens with zero attached hydrogens (tertiary/aromatic N) is 5. The molecule has 0 saturated carbocycles. The van der Waals surface area contributed by atoms with Crippen LogP contribution in [0.4, 0.5) is 26.1 Å². The number of benzene rings is 2. The Hall–Kier alpha value is -3.80. The topological polar surface area (TPSA) is 95.0 Å². The SMILES string of the molecule is Cc1ccc(Nc2ncc3c(n2)C(c2cc(F)c(CN4CCOCC4)c(F)c2)C=N3)cc1C(=O)N1C[C@@H](C)N[C@@H](C)C1. The van der Waals surface area contributed by atoms with Crippen molar-refractivity contribution in [2.45, 2.75) is 45.3 Å². The molecule has 2 N–H and O–H groups in total. The van der Waals surface area contributed by atoms with E-state index in [9.17, 15) is 4.79 Å². The second kappa shape index (κ2) is 11.8. The summed E-state index contributed by atoms with van der Waals surface area (Å²) in [6.07, 6.45) is 3.22. The molecule has 1 unspecified atom stereocenters. The average molecular weight is 576 g/mol. The van der Waals surface area contributed by atoms with Gasteiger partial charge in [-0.05, 0) is 56.2 Å². The van der Waals surface area contributed by atoms with Crippen LogP contribution in [-0.4, -0.2) is 83.4 Å². The van der Waals surface area contributed by atoms with Crippen molar-refractivity contribution in [3.05, 3.63) is 76.1 Å². The van der Waals surface area contributed by atoms with Gasteiger partial charge in [0.2, 0.25) is 5.95 Å². The van der Waals surface area contributed by atoms with Gasteiger partial charge < -0.3 is 20.3 Å². The van der Waals surface area contributed by atoms with Gasteiger partial charge in [0, 0.05) is 67.8 Å². The van der Waals surface area contributed by atoms with E-state index in [0.29, 0.717) is 73.5 Å². The monoisotopic (exact) mass is 575 g/mol. The van der Waals surface area contributed by atoms with E-state index in [1.807, 2.05) is 34.9 Å². The van der Waals surface area contributed by atoms with E-state index in [4.69, 9.17) is 4.74 Å². The first-order chi connectivity index (χ1) is 20.2. The fraction of sp³-hybridized carbons (Fsp3) is 0.419. The van der Waals surface area contributed by atoms with Crippen molar-refractivity contribution >= 4 is 29.4 Å². The summed E-state index contributed by atoms with van der Waals surface area (Å²) in [7, 11) is 0. The number of halogens is 2. The van der Waals surface area contributed by atoms with Gasteiger partial charge >= 0.3 is 0 Å². The molecule has 4 heterocycles. The van der Waals surface area contributed by atoms with Crippen LogP contribution in [0.3, 0.4) is 0 Å². The number of carbonyl (C=O) groups excluding carboxylic acids is 1. The smallest absolute Gasteiger partial charge is 0.254 e. The molecule has 220 valence electrons. The number of fused-ring (bicyclic) bond motifs is 1. The van der Waals surface area contributed by atoms with E-state index in [-0.39, 0.29) is 30.1 Å². The van der Waals surface area contributed by atoms with Gasteiger partial charge in [0.25, 0.3) is 5.91 Å². The number of amides is 1. The Morgan fingerprint density at radius 1 is 1.10 bits per heavy atom. The highest BCUT2D eigenvalue weighted by molar-refractivity contribution is 5.97. The Kier molecular flexibility index (Phi) is 7.98. The third kappa shape index (κ3) is 5.90. The van der Waals surface area contributed by atoms with Gasteiger partial charge in [0.1, 0.15) is 17.3 Å². The number of aromatic nitrogens is 2. The highest BCUT2D eigenvalue weighted by Gasteiger charge is 2.28. The van der Waals surface area contributed by atoms with E-state index in [2.05, 4.69) is 39.4 Å². The number of hydrogen-bond acceptors (Lipinski definition) is 8. The number of ether oxygens (including phenoxy) is 1. The molecule has 1 aromatic heterocycles. The van der Waals surface area contributed by atoms with Crippen molar-refractivity contribution in [2.24, 2.45) is 4.99 Å². The van der Waals surface area contributed by atoms with Crippen LogP contribution in [-0.2, 0) is 11.3 Å². The number of nitrogens with one attached hydrogen (secondary N) is 2. The fourth-order valence-electron chi connectivity index (χ4n) is 5.90. The van der Waals surface area contributed by atoms with E-state index >= 15 is 8.78 Å². The van der Waals surface area contributed by atoms with Crippen molar-refractivity contribution in [2.75, 3.05) is 44.7 Å². The number of piperazine rings is 1. The second-order valence-electron chi connectivity index (χ2n) is 11.4. The zero-order valence-corrected chi connectivity index (χ0v) is 24.0. The number of carbonyl (C=O) groups is 1. The fourth-order valence-corrected chi connectivity index (χ4v) is 5.90. The van der Waals surface area contributed by atoms with Crippen molar-refractivity contribution in [1.82, 2.24) is 25.1 Å². The molecule has 0 aliphatic carbocycles. The lowest BCUT2D eigenvalue weighted by Gasteiger charge is -2.36. The first kappa shape index (κ1) is 28.3. The lowest BCUT2D eigenvalue weighted by atomic mass is 9.95. The molecular weight excluding hydrogens is 540 g/mol.